The molecule has 2 aromatic carbocycles. The fraction of sp³-hybridized carbons (Fsp3) is 0.158. The van der Waals surface area contributed by atoms with Crippen molar-refractivity contribution in [2.75, 3.05) is 13.2 Å². The zero-order chi connectivity index (χ0) is 17.4. The number of ether oxygens (including phenoxy) is 3. The summed E-state index contributed by atoms with van der Waals surface area (Å²) >= 11 is 0. The molecule has 2 aromatic rings. The molecule has 0 N–H and O–H groups in total. The number of hydrogen-bond acceptors (Lipinski definition) is 5. The summed E-state index contributed by atoms with van der Waals surface area (Å²) in [6.07, 6.45) is -0.857. The maximum atomic E-state index is 11.8. The Bertz CT molecular complexity index is 722. The Balaban J connectivity index is 1.91. The molecule has 0 aliphatic heterocycles. The van der Waals surface area contributed by atoms with E-state index in [1.807, 2.05) is 42.5 Å². The van der Waals surface area contributed by atoms with E-state index >= 15 is 0 Å². The first-order valence-corrected chi connectivity index (χ1v) is 7.39. The van der Waals surface area contributed by atoms with Crippen molar-refractivity contribution in [2.24, 2.45) is 0 Å². The van der Waals surface area contributed by atoms with Crippen LogP contribution in [0.15, 0.2) is 66.7 Å². The van der Waals surface area contributed by atoms with E-state index in [1.54, 1.807) is 12.1 Å². The SMILES string of the molecule is C=C(C)C(=O)OCCOC(=O)Oc1ccccc1-c1ccccc1. The van der Waals surface area contributed by atoms with Crippen LogP contribution in [0.4, 0.5) is 4.79 Å². The van der Waals surface area contributed by atoms with Gasteiger partial charge in [0.25, 0.3) is 0 Å². The van der Waals surface area contributed by atoms with Gasteiger partial charge in [-0.2, -0.15) is 0 Å². The van der Waals surface area contributed by atoms with Gasteiger partial charge >= 0.3 is 12.1 Å². The van der Waals surface area contributed by atoms with Gasteiger partial charge < -0.3 is 14.2 Å². The largest absolute Gasteiger partial charge is 0.513 e. The average molecular weight is 326 g/mol. The van der Waals surface area contributed by atoms with Crippen LogP contribution in [0.25, 0.3) is 11.1 Å². The van der Waals surface area contributed by atoms with Crippen molar-refractivity contribution in [3.63, 3.8) is 0 Å². The highest BCUT2D eigenvalue weighted by Crippen LogP contribution is 2.29. The van der Waals surface area contributed by atoms with Crippen LogP contribution in [0.2, 0.25) is 0 Å². The van der Waals surface area contributed by atoms with Gasteiger partial charge in [0, 0.05) is 11.1 Å². The molecular weight excluding hydrogens is 308 g/mol. The van der Waals surface area contributed by atoms with E-state index in [9.17, 15) is 9.59 Å². The van der Waals surface area contributed by atoms with Crippen LogP contribution in [-0.2, 0) is 14.3 Å². The number of para-hydroxylation sites is 1. The summed E-state index contributed by atoms with van der Waals surface area (Å²) in [6.45, 7) is 4.85. The Kier molecular flexibility index (Phi) is 6.14. The van der Waals surface area contributed by atoms with Crippen molar-refractivity contribution in [3.05, 3.63) is 66.7 Å². The molecule has 24 heavy (non-hydrogen) atoms. The summed E-state index contributed by atoms with van der Waals surface area (Å²) in [6, 6.07) is 16.7. The lowest BCUT2D eigenvalue weighted by atomic mass is 10.1. The normalized spacial score (nSPS) is 9.88. The van der Waals surface area contributed by atoms with Gasteiger partial charge in [0.05, 0.1) is 0 Å². The standard InChI is InChI=1S/C19H18O5/c1-14(2)18(20)22-12-13-23-19(21)24-17-11-7-6-10-16(17)15-8-4-3-5-9-15/h3-11H,1,12-13H2,2H3. The maximum absolute atomic E-state index is 11.8. The molecule has 0 heterocycles. The highest BCUT2D eigenvalue weighted by molar-refractivity contribution is 5.86. The molecule has 0 saturated heterocycles. The molecule has 0 aliphatic rings. The minimum absolute atomic E-state index is 0.0544. The van der Waals surface area contributed by atoms with Gasteiger partial charge in [0.2, 0.25) is 0 Å². The second-order valence-corrected chi connectivity index (χ2v) is 4.98. The van der Waals surface area contributed by atoms with Crippen molar-refractivity contribution in [3.8, 4) is 16.9 Å². The van der Waals surface area contributed by atoms with Gasteiger partial charge in [-0.05, 0) is 18.6 Å². The van der Waals surface area contributed by atoms with Crippen LogP contribution >= 0.6 is 0 Å². The summed E-state index contributed by atoms with van der Waals surface area (Å²) in [5.41, 5.74) is 1.99. The number of carbonyl (C=O) groups is 2. The maximum Gasteiger partial charge on any atom is 0.513 e. The summed E-state index contributed by atoms with van der Waals surface area (Å²) < 4.78 is 15.0. The van der Waals surface area contributed by atoms with Crippen molar-refractivity contribution in [1.82, 2.24) is 0 Å². The molecule has 0 bridgehead atoms. The van der Waals surface area contributed by atoms with Crippen LogP contribution < -0.4 is 4.74 Å². The van der Waals surface area contributed by atoms with Gasteiger partial charge in [0.1, 0.15) is 19.0 Å². The summed E-state index contributed by atoms with van der Waals surface area (Å²) in [5, 5.41) is 0. The third kappa shape index (κ3) is 4.98. The number of benzene rings is 2. The molecule has 0 aromatic heterocycles. The zero-order valence-electron chi connectivity index (χ0n) is 13.4. The van der Waals surface area contributed by atoms with Crippen molar-refractivity contribution in [2.45, 2.75) is 6.92 Å². The second kappa shape index (κ2) is 8.53. The Morgan fingerprint density at radius 1 is 0.917 bits per heavy atom. The van der Waals surface area contributed by atoms with E-state index in [0.717, 1.165) is 11.1 Å². The zero-order valence-corrected chi connectivity index (χ0v) is 13.4. The van der Waals surface area contributed by atoms with E-state index in [-0.39, 0.29) is 18.8 Å². The predicted molar refractivity (Wildman–Crippen MR) is 89.6 cm³/mol. The van der Waals surface area contributed by atoms with Crippen molar-refractivity contribution in [1.29, 1.82) is 0 Å². The minimum Gasteiger partial charge on any atom is -0.459 e. The molecule has 0 fully saturated rings. The van der Waals surface area contributed by atoms with Gasteiger partial charge in [-0.1, -0.05) is 55.1 Å². The third-order valence-corrected chi connectivity index (χ3v) is 3.05. The average Bonchev–Trinajstić information content (AvgIpc) is 2.59. The van der Waals surface area contributed by atoms with Crippen LogP contribution in [0.3, 0.4) is 0 Å². The molecule has 0 saturated carbocycles. The number of esters is 1. The fourth-order valence-corrected chi connectivity index (χ4v) is 1.91. The van der Waals surface area contributed by atoms with Gasteiger partial charge in [-0.3, -0.25) is 0 Å². The minimum atomic E-state index is -0.857. The lowest BCUT2D eigenvalue weighted by Crippen LogP contribution is -2.16. The Hall–Kier alpha value is -3.08. The molecule has 2 rings (SSSR count). The van der Waals surface area contributed by atoms with E-state index in [4.69, 9.17) is 14.2 Å². The van der Waals surface area contributed by atoms with Crippen molar-refractivity contribution >= 4 is 12.1 Å². The summed E-state index contributed by atoms with van der Waals surface area (Å²) in [4.78, 5) is 23.0. The summed E-state index contributed by atoms with van der Waals surface area (Å²) in [5.74, 6) is -0.131. The second-order valence-electron chi connectivity index (χ2n) is 4.98. The first kappa shape index (κ1) is 17.3. The molecule has 0 spiro atoms. The van der Waals surface area contributed by atoms with Gasteiger partial charge in [-0.15, -0.1) is 0 Å². The smallest absolute Gasteiger partial charge is 0.459 e. The van der Waals surface area contributed by atoms with Crippen LogP contribution in [0.1, 0.15) is 6.92 Å². The monoisotopic (exact) mass is 326 g/mol. The molecule has 0 unspecified atom stereocenters. The number of rotatable bonds is 6. The Morgan fingerprint density at radius 2 is 1.54 bits per heavy atom. The number of carbonyl (C=O) groups excluding carboxylic acids is 2. The first-order valence-electron chi connectivity index (χ1n) is 7.39. The van der Waals surface area contributed by atoms with E-state index in [2.05, 4.69) is 6.58 Å². The van der Waals surface area contributed by atoms with Crippen LogP contribution in [0.5, 0.6) is 5.75 Å². The highest BCUT2D eigenvalue weighted by Gasteiger charge is 2.12. The lowest BCUT2D eigenvalue weighted by molar-refractivity contribution is -0.140. The van der Waals surface area contributed by atoms with Gasteiger partial charge in [0.15, 0.2) is 0 Å². The molecule has 0 aliphatic carbocycles. The Labute approximate surface area is 140 Å². The third-order valence-electron chi connectivity index (χ3n) is 3.05. The topological polar surface area (TPSA) is 61.8 Å². The van der Waals surface area contributed by atoms with Crippen LogP contribution in [0, 0.1) is 0 Å². The first-order chi connectivity index (χ1) is 11.6. The fourth-order valence-electron chi connectivity index (χ4n) is 1.91. The quantitative estimate of drug-likeness (QED) is 0.348. The summed E-state index contributed by atoms with van der Waals surface area (Å²) in [7, 11) is 0. The molecular formula is C19H18O5. The van der Waals surface area contributed by atoms with E-state index in [1.165, 1.54) is 6.92 Å². The highest BCUT2D eigenvalue weighted by atomic mass is 16.7. The molecule has 0 atom stereocenters. The van der Waals surface area contributed by atoms with Crippen molar-refractivity contribution < 1.29 is 23.8 Å². The number of hydrogen-bond donors (Lipinski definition) is 0. The molecule has 0 amide bonds. The Morgan fingerprint density at radius 3 is 2.25 bits per heavy atom. The predicted octanol–water partition coefficient (Wildman–Crippen LogP) is 3.99. The molecule has 5 nitrogen and oxygen atoms in total. The van der Waals surface area contributed by atoms with E-state index in [0.29, 0.717) is 5.75 Å². The van der Waals surface area contributed by atoms with Gasteiger partial charge in [-0.25, -0.2) is 9.59 Å². The lowest BCUT2D eigenvalue weighted by Gasteiger charge is -2.10. The van der Waals surface area contributed by atoms with E-state index < -0.39 is 12.1 Å². The van der Waals surface area contributed by atoms with Crippen LogP contribution in [-0.4, -0.2) is 25.3 Å². The molecule has 5 heteroatoms. The molecule has 0 radical (unpaired) electrons. The molecule has 124 valence electrons.